The first kappa shape index (κ1) is 19.9. The minimum atomic E-state index is 0.0814. The van der Waals surface area contributed by atoms with Crippen LogP contribution in [0.15, 0.2) is 36.7 Å². The second-order valence-corrected chi connectivity index (χ2v) is 10.1. The predicted molar refractivity (Wildman–Crippen MR) is 122 cm³/mol. The second kappa shape index (κ2) is 8.01. The van der Waals surface area contributed by atoms with E-state index >= 15 is 0 Å². The third-order valence-electron chi connectivity index (χ3n) is 6.86. The summed E-state index contributed by atoms with van der Waals surface area (Å²) in [6.45, 7) is 2.56. The topological polar surface area (TPSA) is 76.6 Å². The number of thiazole rings is 1. The molecule has 1 unspecified atom stereocenters. The summed E-state index contributed by atoms with van der Waals surface area (Å²) >= 11 is 1.51. The highest BCUT2D eigenvalue weighted by Crippen LogP contribution is 2.39. The number of hydrogen-bond donors (Lipinski definition) is 1. The Morgan fingerprint density at radius 3 is 2.91 bits per heavy atom. The van der Waals surface area contributed by atoms with Gasteiger partial charge in [0.15, 0.2) is 0 Å². The Balaban J connectivity index is 1.10. The van der Waals surface area contributed by atoms with Crippen molar-refractivity contribution in [2.45, 2.75) is 63.3 Å². The van der Waals surface area contributed by atoms with Crippen LogP contribution in [0.4, 0.5) is 0 Å². The zero-order chi connectivity index (χ0) is 21.7. The van der Waals surface area contributed by atoms with Crippen LogP contribution >= 0.6 is 11.3 Å². The molecule has 7 nitrogen and oxygen atoms in total. The molecule has 2 bridgehead atoms. The molecule has 2 saturated heterocycles. The van der Waals surface area contributed by atoms with E-state index in [2.05, 4.69) is 26.3 Å². The van der Waals surface area contributed by atoms with Gasteiger partial charge in [0.25, 0.3) is 5.19 Å². The Bertz CT molecular complexity index is 1120. The summed E-state index contributed by atoms with van der Waals surface area (Å²) in [4.78, 5) is 22.7. The first-order valence-corrected chi connectivity index (χ1v) is 12.1. The van der Waals surface area contributed by atoms with Gasteiger partial charge in [0.1, 0.15) is 23.1 Å². The van der Waals surface area contributed by atoms with Crippen molar-refractivity contribution in [3.63, 3.8) is 0 Å². The van der Waals surface area contributed by atoms with Gasteiger partial charge in [0.2, 0.25) is 5.91 Å². The van der Waals surface area contributed by atoms with Gasteiger partial charge in [0, 0.05) is 50.3 Å². The van der Waals surface area contributed by atoms with Crippen LogP contribution in [-0.4, -0.2) is 51.5 Å². The first-order valence-electron chi connectivity index (χ1n) is 11.3. The molecule has 166 valence electrons. The van der Waals surface area contributed by atoms with E-state index in [-0.39, 0.29) is 12.0 Å². The fraction of sp³-hybridized carbons (Fsp3) is 0.458. The zero-order valence-corrected chi connectivity index (χ0v) is 18.8. The smallest absolute Gasteiger partial charge is 0.279 e. The molecule has 3 aromatic rings. The molecule has 8 heteroatoms. The molecule has 0 aliphatic carbocycles. The molecule has 1 amide bonds. The van der Waals surface area contributed by atoms with Gasteiger partial charge >= 0.3 is 0 Å². The number of benzene rings is 1. The summed E-state index contributed by atoms with van der Waals surface area (Å²) in [5.41, 5.74) is 2.08. The van der Waals surface area contributed by atoms with Crippen LogP contribution in [0.5, 0.6) is 16.7 Å². The van der Waals surface area contributed by atoms with Gasteiger partial charge in [-0.3, -0.25) is 14.7 Å². The molecule has 3 aliphatic heterocycles. The summed E-state index contributed by atoms with van der Waals surface area (Å²) in [6.07, 6.45) is 9.13. The average Bonchev–Trinajstić information content (AvgIpc) is 3.41. The highest BCUT2D eigenvalue weighted by atomic mass is 32.1. The van der Waals surface area contributed by atoms with Gasteiger partial charge < -0.3 is 14.8 Å². The van der Waals surface area contributed by atoms with Gasteiger partial charge in [-0.1, -0.05) is 17.4 Å². The molecule has 2 aromatic heterocycles. The predicted octanol–water partition coefficient (Wildman–Crippen LogP) is 3.92. The molecule has 1 aromatic carbocycles. The quantitative estimate of drug-likeness (QED) is 0.635. The molecule has 0 radical (unpaired) electrons. The lowest BCUT2D eigenvalue weighted by Crippen LogP contribution is -2.52. The maximum atomic E-state index is 11.5. The number of nitrogens with zero attached hydrogens (tertiary/aromatic N) is 3. The van der Waals surface area contributed by atoms with Crippen LogP contribution in [-0.2, 0) is 11.2 Å². The molecule has 2 fully saturated rings. The molecule has 32 heavy (non-hydrogen) atoms. The molecule has 0 saturated carbocycles. The van der Waals surface area contributed by atoms with Crippen LogP contribution in [0.2, 0.25) is 0 Å². The van der Waals surface area contributed by atoms with Crippen LogP contribution in [0.25, 0.3) is 10.2 Å². The summed E-state index contributed by atoms with van der Waals surface area (Å²) in [5, 5.41) is 3.74. The standard InChI is InChI=1S/C24H26N4O3S/c1-14(29)26-16-9-17-3-4-18(10-16)28(17)13-20-8-15-2-5-19(11-22(15)30-20)31-24-27-21-12-25-7-6-23(21)32-24/h2,5-7,11-12,16-18,20H,3-4,8-10,13H2,1H3,(H,26,29)/t16-,17+,18-,20?. The van der Waals surface area contributed by atoms with Crippen molar-refractivity contribution in [3.05, 3.63) is 42.2 Å². The van der Waals surface area contributed by atoms with Crippen molar-refractivity contribution in [1.29, 1.82) is 0 Å². The average molecular weight is 451 g/mol. The maximum absolute atomic E-state index is 11.5. The number of rotatable bonds is 5. The number of carbonyl (C=O) groups excluding carboxylic acids is 1. The third-order valence-corrected chi connectivity index (χ3v) is 7.78. The van der Waals surface area contributed by atoms with Crippen molar-refractivity contribution in [2.24, 2.45) is 0 Å². The lowest BCUT2D eigenvalue weighted by molar-refractivity contribution is -0.120. The van der Waals surface area contributed by atoms with E-state index in [1.54, 1.807) is 19.3 Å². The molecular weight excluding hydrogens is 424 g/mol. The number of pyridine rings is 1. The van der Waals surface area contributed by atoms with Crippen LogP contribution in [0, 0.1) is 0 Å². The van der Waals surface area contributed by atoms with E-state index < -0.39 is 0 Å². The monoisotopic (exact) mass is 450 g/mol. The van der Waals surface area contributed by atoms with Gasteiger partial charge in [-0.25, -0.2) is 4.98 Å². The Morgan fingerprint density at radius 1 is 1.28 bits per heavy atom. The Labute approximate surface area is 190 Å². The van der Waals surface area contributed by atoms with E-state index in [9.17, 15) is 4.79 Å². The van der Waals surface area contributed by atoms with E-state index in [1.165, 1.54) is 29.7 Å². The minimum Gasteiger partial charge on any atom is -0.488 e. The highest BCUT2D eigenvalue weighted by Gasteiger charge is 2.42. The second-order valence-electron chi connectivity index (χ2n) is 9.09. The van der Waals surface area contributed by atoms with Crippen molar-refractivity contribution < 1.29 is 14.3 Å². The van der Waals surface area contributed by atoms with Crippen molar-refractivity contribution in [1.82, 2.24) is 20.2 Å². The summed E-state index contributed by atoms with van der Waals surface area (Å²) in [7, 11) is 0. The zero-order valence-electron chi connectivity index (χ0n) is 18.0. The minimum absolute atomic E-state index is 0.0814. The SMILES string of the molecule is CC(=O)N[C@H]1C[C@H]2CC[C@@H](C1)N2CC1Cc2ccc(Oc3nc4cnccc4s3)cc2O1. The number of aromatic nitrogens is 2. The van der Waals surface area contributed by atoms with Crippen LogP contribution in [0.3, 0.4) is 0 Å². The number of piperidine rings is 1. The number of amides is 1. The summed E-state index contributed by atoms with van der Waals surface area (Å²) < 4.78 is 13.4. The molecule has 5 heterocycles. The van der Waals surface area contributed by atoms with E-state index in [1.807, 2.05) is 18.2 Å². The van der Waals surface area contributed by atoms with Crippen molar-refractivity contribution in [2.75, 3.05) is 6.54 Å². The molecule has 0 spiro atoms. The number of nitrogens with one attached hydrogen (secondary N) is 1. The van der Waals surface area contributed by atoms with Gasteiger partial charge in [0.05, 0.1) is 10.9 Å². The largest absolute Gasteiger partial charge is 0.488 e. The molecule has 6 rings (SSSR count). The lowest BCUT2D eigenvalue weighted by Gasteiger charge is -2.40. The fourth-order valence-corrected chi connectivity index (χ4v) is 6.36. The van der Waals surface area contributed by atoms with Crippen LogP contribution < -0.4 is 14.8 Å². The van der Waals surface area contributed by atoms with Gasteiger partial charge in [-0.05, 0) is 43.4 Å². The number of ether oxygens (including phenoxy) is 2. The summed E-state index contributed by atoms with van der Waals surface area (Å²) in [5.74, 6) is 1.74. The molecule has 3 aliphatic rings. The Hall–Kier alpha value is -2.71. The van der Waals surface area contributed by atoms with Gasteiger partial charge in [-0.15, -0.1) is 0 Å². The number of carbonyl (C=O) groups is 1. The van der Waals surface area contributed by atoms with E-state index in [0.29, 0.717) is 23.3 Å². The van der Waals surface area contributed by atoms with Crippen molar-refractivity contribution >= 4 is 27.5 Å². The Morgan fingerprint density at radius 2 is 2.12 bits per heavy atom. The fourth-order valence-electron chi connectivity index (χ4n) is 5.56. The van der Waals surface area contributed by atoms with E-state index in [0.717, 1.165) is 47.5 Å². The van der Waals surface area contributed by atoms with Gasteiger partial charge in [-0.2, -0.15) is 0 Å². The molecule has 1 N–H and O–H groups in total. The molecule has 4 atom stereocenters. The van der Waals surface area contributed by atoms with Crippen LogP contribution in [0.1, 0.15) is 38.2 Å². The normalized spacial score (nSPS) is 26.7. The molecular formula is C24H26N4O3S. The third kappa shape index (κ3) is 3.82. The first-order chi connectivity index (χ1) is 15.6. The van der Waals surface area contributed by atoms with E-state index in [4.69, 9.17) is 9.47 Å². The van der Waals surface area contributed by atoms with Crippen molar-refractivity contribution in [3.8, 4) is 16.7 Å². The maximum Gasteiger partial charge on any atom is 0.279 e. The highest BCUT2D eigenvalue weighted by molar-refractivity contribution is 7.20. The lowest BCUT2D eigenvalue weighted by atomic mass is 9.96. The Kier molecular flexibility index (Phi) is 4.99. The number of hydrogen-bond acceptors (Lipinski definition) is 7. The number of fused-ring (bicyclic) bond motifs is 4. The summed E-state index contributed by atoms with van der Waals surface area (Å²) in [6, 6.07) is 9.45.